The summed E-state index contributed by atoms with van der Waals surface area (Å²) in [5.41, 5.74) is 7.36. The molecule has 0 radical (unpaired) electrons. The molecule has 1 fully saturated rings. The fourth-order valence-electron chi connectivity index (χ4n) is 2.38. The van der Waals surface area contributed by atoms with Gasteiger partial charge in [-0.1, -0.05) is 0 Å². The molecule has 3 rings (SSSR count). The van der Waals surface area contributed by atoms with Gasteiger partial charge in [0, 0.05) is 12.1 Å². The van der Waals surface area contributed by atoms with Crippen LogP contribution in [-0.2, 0) is 0 Å². The third-order valence-corrected chi connectivity index (χ3v) is 3.49. The van der Waals surface area contributed by atoms with Gasteiger partial charge in [0.25, 0.3) is 0 Å². The highest BCUT2D eigenvalue weighted by molar-refractivity contribution is 5.63. The van der Waals surface area contributed by atoms with Gasteiger partial charge in [-0.2, -0.15) is 5.10 Å². The van der Waals surface area contributed by atoms with Crippen LogP contribution in [0.2, 0.25) is 0 Å². The Bertz CT molecular complexity index is 525. The number of likely N-dealkylation sites (tertiary alicyclic amines) is 1. The Morgan fingerprint density at radius 1 is 1.35 bits per heavy atom. The molecule has 2 N–H and O–H groups in total. The summed E-state index contributed by atoms with van der Waals surface area (Å²) in [5.74, 6) is 1.42. The van der Waals surface area contributed by atoms with Crippen molar-refractivity contribution >= 4 is 11.3 Å². The van der Waals surface area contributed by atoms with Crippen molar-refractivity contribution in [1.29, 1.82) is 0 Å². The Balaban J connectivity index is 1.93. The molecule has 0 unspecified atom stereocenters. The van der Waals surface area contributed by atoms with Gasteiger partial charge < -0.3 is 10.6 Å². The topological polar surface area (TPSA) is 59.5 Å². The maximum atomic E-state index is 5.89. The zero-order valence-electron chi connectivity index (χ0n) is 10.0. The molecule has 0 saturated carbocycles. The highest BCUT2D eigenvalue weighted by Crippen LogP contribution is 2.26. The first-order valence-corrected chi connectivity index (χ1v) is 6.03. The largest absolute Gasteiger partial charge is 0.396 e. The van der Waals surface area contributed by atoms with Crippen LogP contribution in [0.4, 0.5) is 5.69 Å². The monoisotopic (exact) mass is 231 g/mol. The van der Waals surface area contributed by atoms with E-state index in [1.165, 1.54) is 0 Å². The molecule has 1 aliphatic rings. The van der Waals surface area contributed by atoms with Crippen molar-refractivity contribution in [2.24, 2.45) is 0 Å². The lowest BCUT2D eigenvalue weighted by Crippen LogP contribution is -2.29. The van der Waals surface area contributed by atoms with Gasteiger partial charge in [-0.05, 0) is 45.1 Å². The van der Waals surface area contributed by atoms with Gasteiger partial charge in [-0.3, -0.25) is 0 Å². The van der Waals surface area contributed by atoms with Crippen molar-refractivity contribution in [1.82, 2.24) is 19.5 Å². The maximum Gasteiger partial charge on any atom is 0.178 e. The number of hydrogen-bond acceptors (Lipinski definition) is 4. The Morgan fingerprint density at radius 3 is 2.82 bits per heavy atom. The minimum Gasteiger partial charge on any atom is -0.396 e. The smallest absolute Gasteiger partial charge is 0.178 e. The summed E-state index contributed by atoms with van der Waals surface area (Å²) in [6, 6.07) is 3.76. The van der Waals surface area contributed by atoms with Crippen LogP contribution in [0.3, 0.4) is 0 Å². The van der Waals surface area contributed by atoms with E-state index < -0.39 is 0 Å². The first kappa shape index (κ1) is 10.5. The average molecular weight is 231 g/mol. The standard InChI is InChI=1S/C12H17N5/c1-16-7-4-9(5-8-16)11-14-12-10(13)3-2-6-17(12)15-11/h2-3,6,9H,4-5,7-8,13H2,1H3. The number of rotatable bonds is 1. The predicted molar refractivity (Wildman–Crippen MR) is 66.9 cm³/mol. The van der Waals surface area contributed by atoms with Gasteiger partial charge >= 0.3 is 0 Å². The first-order chi connectivity index (χ1) is 8.24. The van der Waals surface area contributed by atoms with Crippen molar-refractivity contribution < 1.29 is 0 Å². The molecule has 17 heavy (non-hydrogen) atoms. The van der Waals surface area contributed by atoms with E-state index in [1.54, 1.807) is 4.52 Å². The molecular weight excluding hydrogens is 214 g/mol. The number of hydrogen-bond donors (Lipinski definition) is 1. The van der Waals surface area contributed by atoms with Gasteiger partial charge in [0.1, 0.15) is 0 Å². The molecule has 0 aromatic carbocycles. The van der Waals surface area contributed by atoms with Crippen molar-refractivity contribution in [3.05, 3.63) is 24.2 Å². The second kappa shape index (κ2) is 4.00. The van der Waals surface area contributed by atoms with E-state index in [0.29, 0.717) is 11.6 Å². The Kier molecular flexibility index (Phi) is 2.48. The number of anilines is 1. The molecule has 0 amide bonds. The zero-order valence-corrected chi connectivity index (χ0v) is 10.0. The van der Waals surface area contributed by atoms with Crippen molar-refractivity contribution in [3.63, 3.8) is 0 Å². The highest BCUT2D eigenvalue weighted by atomic mass is 15.3. The first-order valence-electron chi connectivity index (χ1n) is 6.03. The van der Waals surface area contributed by atoms with Crippen LogP contribution in [0.1, 0.15) is 24.6 Å². The van der Waals surface area contributed by atoms with Crippen molar-refractivity contribution in [2.75, 3.05) is 25.9 Å². The molecule has 0 aliphatic carbocycles. The number of fused-ring (bicyclic) bond motifs is 1. The van der Waals surface area contributed by atoms with E-state index in [2.05, 4.69) is 22.0 Å². The van der Waals surface area contributed by atoms with Gasteiger partial charge in [-0.25, -0.2) is 9.50 Å². The molecule has 0 bridgehead atoms. The van der Waals surface area contributed by atoms with E-state index in [9.17, 15) is 0 Å². The van der Waals surface area contributed by atoms with E-state index in [-0.39, 0.29) is 0 Å². The molecule has 1 saturated heterocycles. The van der Waals surface area contributed by atoms with E-state index in [1.807, 2.05) is 18.3 Å². The van der Waals surface area contributed by atoms with E-state index in [0.717, 1.165) is 37.4 Å². The molecule has 3 heterocycles. The van der Waals surface area contributed by atoms with Crippen LogP contribution in [0.25, 0.3) is 5.65 Å². The van der Waals surface area contributed by atoms with Crippen LogP contribution >= 0.6 is 0 Å². The van der Waals surface area contributed by atoms with Gasteiger partial charge in [0.2, 0.25) is 0 Å². The van der Waals surface area contributed by atoms with Crippen molar-refractivity contribution in [3.8, 4) is 0 Å². The number of nitrogen functional groups attached to an aromatic ring is 1. The Labute approximate surface area is 100 Å². The fraction of sp³-hybridized carbons (Fsp3) is 0.500. The minimum absolute atomic E-state index is 0.477. The second-order valence-corrected chi connectivity index (χ2v) is 4.78. The normalized spacial score (nSPS) is 18.9. The predicted octanol–water partition coefficient (Wildman–Crippen LogP) is 1.12. The lowest BCUT2D eigenvalue weighted by molar-refractivity contribution is 0.251. The molecule has 1 aliphatic heterocycles. The summed E-state index contributed by atoms with van der Waals surface area (Å²) in [6.45, 7) is 2.24. The molecule has 90 valence electrons. The number of piperidine rings is 1. The van der Waals surface area contributed by atoms with Crippen molar-refractivity contribution in [2.45, 2.75) is 18.8 Å². The van der Waals surface area contributed by atoms with Gasteiger partial charge in [0.15, 0.2) is 11.5 Å². The molecule has 2 aromatic heterocycles. The number of nitrogens with zero attached hydrogens (tertiary/aromatic N) is 4. The summed E-state index contributed by atoms with van der Waals surface area (Å²) in [5, 5.41) is 4.53. The molecule has 5 nitrogen and oxygen atoms in total. The average Bonchev–Trinajstić information content (AvgIpc) is 2.75. The minimum atomic E-state index is 0.477. The SMILES string of the molecule is CN1CCC(c2nc3c(N)cccn3n2)CC1. The van der Waals surface area contributed by atoms with Crippen LogP contribution < -0.4 is 5.73 Å². The van der Waals surface area contributed by atoms with Gasteiger partial charge in [0.05, 0.1) is 5.69 Å². The molecule has 0 spiro atoms. The third-order valence-electron chi connectivity index (χ3n) is 3.49. The number of nitrogens with two attached hydrogens (primary N) is 1. The van der Waals surface area contributed by atoms with E-state index in [4.69, 9.17) is 5.73 Å². The Morgan fingerprint density at radius 2 is 2.12 bits per heavy atom. The number of aromatic nitrogens is 3. The molecular formula is C12H17N5. The zero-order chi connectivity index (χ0) is 11.8. The van der Waals surface area contributed by atoms with Gasteiger partial charge in [-0.15, -0.1) is 0 Å². The Hall–Kier alpha value is -1.62. The molecule has 0 atom stereocenters. The van der Waals surface area contributed by atoms with Crippen LogP contribution in [-0.4, -0.2) is 39.6 Å². The highest BCUT2D eigenvalue weighted by Gasteiger charge is 2.22. The lowest BCUT2D eigenvalue weighted by Gasteiger charge is -2.26. The third kappa shape index (κ3) is 1.86. The second-order valence-electron chi connectivity index (χ2n) is 4.78. The van der Waals surface area contributed by atoms with E-state index >= 15 is 0 Å². The molecule has 2 aromatic rings. The maximum absolute atomic E-state index is 5.89. The summed E-state index contributed by atoms with van der Waals surface area (Å²) >= 11 is 0. The van der Waals surface area contributed by atoms with Crippen LogP contribution in [0.5, 0.6) is 0 Å². The summed E-state index contributed by atoms with van der Waals surface area (Å²) in [6.07, 6.45) is 4.16. The summed E-state index contributed by atoms with van der Waals surface area (Å²) < 4.78 is 1.78. The summed E-state index contributed by atoms with van der Waals surface area (Å²) in [7, 11) is 2.16. The lowest BCUT2D eigenvalue weighted by atomic mass is 9.97. The molecule has 5 heteroatoms. The van der Waals surface area contributed by atoms with Crippen LogP contribution in [0, 0.1) is 0 Å². The number of pyridine rings is 1. The quantitative estimate of drug-likeness (QED) is 0.799. The summed E-state index contributed by atoms with van der Waals surface area (Å²) in [4.78, 5) is 6.92. The van der Waals surface area contributed by atoms with Crippen LogP contribution in [0.15, 0.2) is 18.3 Å². The fourth-order valence-corrected chi connectivity index (χ4v) is 2.38.